The van der Waals surface area contributed by atoms with Gasteiger partial charge in [0.1, 0.15) is 6.04 Å². The van der Waals surface area contributed by atoms with Gasteiger partial charge in [-0.25, -0.2) is 0 Å². The van der Waals surface area contributed by atoms with E-state index in [9.17, 15) is 0 Å². The Labute approximate surface area is 109 Å². The number of rotatable bonds is 4. The number of thiophene rings is 1. The van der Waals surface area contributed by atoms with E-state index >= 15 is 0 Å². The van der Waals surface area contributed by atoms with Gasteiger partial charge in [-0.3, -0.25) is 5.32 Å². The lowest BCUT2D eigenvalue weighted by Gasteiger charge is -2.10. The average Bonchev–Trinajstić information content (AvgIpc) is 2.85. The maximum Gasteiger partial charge on any atom is 0.121 e. The Bertz CT molecular complexity index is 499. The number of hydrogen-bond donors (Lipinski definition) is 1. The van der Waals surface area contributed by atoms with Crippen LogP contribution in [-0.2, 0) is 6.54 Å². The molecule has 0 aliphatic rings. The minimum Gasteiger partial charge on any atom is -0.293 e. The number of hydrogen-bond acceptors (Lipinski definition) is 3. The molecule has 2 aromatic rings. The number of nitrogens with one attached hydrogen (secondary N) is 1. The van der Waals surface area contributed by atoms with Crippen molar-refractivity contribution in [2.24, 2.45) is 0 Å². The molecule has 17 heavy (non-hydrogen) atoms. The van der Waals surface area contributed by atoms with Gasteiger partial charge in [0.15, 0.2) is 0 Å². The van der Waals surface area contributed by atoms with E-state index in [2.05, 4.69) is 11.4 Å². The minimum atomic E-state index is -0.297. The van der Waals surface area contributed by atoms with E-state index in [1.807, 2.05) is 29.6 Å². The molecule has 0 radical (unpaired) electrons. The summed E-state index contributed by atoms with van der Waals surface area (Å²) < 4.78 is 0. The summed E-state index contributed by atoms with van der Waals surface area (Å²) in [4.78, 5) is 1.22. The summed E-state index contributed by atoms with van der Waals surface area (Å²) in [6.07, 6.45) is 0. The van der Waals surface area contributed by atoms with Gasteiger partial charge >= 0.3 is 0 Å². The van der Waals surface area contributed by atoms with Gasteiger partial charge in [0.25, 0.3) is 0 Å². The molecule has 1 aromatic carbocycles. The Balaban J connectivity index is 2.02. The summed E-state index contributed by atoms with van der Waals surface area (Å²) in [6.45, 7) is 0.707. The van der Waals surface area contributed by atoms with Crippen LogP contribution in [0, 0.1) is 11.3 Å². The minimum absolute atomic E-state index is 0.297. The molecule has 1 N–H and O–H groups in total. The molecule has 0 amide bonds. The Morgan fingerprint density at radius 3 is 2.65 bits per heavy atom. The monoisotopic (exact) mass is 262 g/mol. The maximum atomic E-state index is 9.14. The van der Waals surface area contributed by atoms with Gasteiger partial charge in [-0.05, 0) is 29.1 Å². The van der Waals surface area contributed by atoms with Crippen molar-refractivity contribution in [3.63, 3.8) is 0 Å². The Morgan fingerprint density at radius 2 is 2.06 bits per heavy atom. The molecule has 0 aliphatic carbocycles. The van der Waals surface area contributed by atoms with Crippen molar-refractivity contribution in [3.05, 3.63) is 57.2 Å². The first-order chi connectivity index (χ1) is 8.29. The highest BCUT2D eigenvalue weighted by molar-refractivity contribution is 7.09. The predicted molar refractivity (Wildman–Crippen MR) is 71.0 cm³/mol. The predicted octanol–water partition coefficient (Wildman–Crippen LogP) is 3.76. The summed E-state index contributed by atoms with van der Waals surface area (Å²) in [5.74, 6) is 0. The highest BCUT2D eigenvalue weighted by Gasteiger charge is 2.09. The quantitative estimate of drug-likeness (QED) is 0.911. The average molecular weight is 263 g/mol. The number of benzene rings is 1. The molecule has 0 bridgehead atoms. The summed E-state index contributed by atoms with van der Waals surface area (Å²) in [6, 6.07) is 13.4. The Kier molecular flexibility index (Phi) is 4.16. The van der Waals surface area contributed by atoms with Crippen molar-refractivity contribution in [1.82, 2.24) is 5.32 Å². The van der Waals surface area contributed by atoms with E-state index in [-0.39, 0.29) is 6.04 Å². The third-order valence-corrected chi connectivity index (χ3v) is 3.52. The van der Waals surface area contributed by atoms with Crippen molar-refractivity contribution in [2.45, 2.75) is 12.6 Å². The molecule has 2 nitrogen and oxygen atoms in total. The molecule has 2 rings (SSSR count). The van der Waals surface area contributed by atoms with E-state index < -0.39 is 0 Å². The van der Waals surface area contributed by atoms with Crippen LogP contribution in [0.3, 0.4) is 0 Å². The standard InChI is InChI=1S/C13H11ClN2S/c14-11-5-3-10(4-6-11)13(8-15)16-9-12-2-1-7-17-12/h1-7,13,16H,9H2. The number of halogens is 1. The highest BCUT2D eigenvalue weighted by atomic mass is 35.5. The SMILES string of the molecule is N#CC(NCc1cccs1)c1ccc(Cl)cc1. The van der Waals surface area contributed by atoms with E-state index in [0.717, 1.165) is 5.56 Å². The van der Waals surface area contributed by atoms with Crippen LogP contribution in [0.15, 0.2) is 41.8 Å². The lowest BCUT2D eigenvalue weighted by Crippen LogP contribution is -2.18. The van der Waals surface area contributed by atoms with Gasteiger partial charge in [-0.15, -0.1) is 11.3 Å². The lowest BCUT2D eigenvalue weighted by atomic mass is 10.1. The molecule has 0 saturated carbocycles. The fraction of sp³-hybridized carbons (Fsp3) is 0.154. The third kappa shape index (κ3) is 3.31. The molecule has 1 aromatic heterocycles. The van der Waals surface area contributed by atoms with Crippen LogP contribution in [0.5, 0.6) is 0 Å². The third-order valence-electron chi connectivity index (χ3n) is 2.39. The van der Waals surface area contributed by atoms with Gasteiger partial charge in [-0.2, -0.15) is 5.26 Å². The van der Waals surface area contributed by atoms with Crippen LogP contribution in [0.2, 0.25) is 5.02 Å². The number of nitrogens with zero attached hydrogens (tertiary/aromatic N) is 1. The molecule has 1 unspecified atom stereocenters. The first kappa shape index (κ1) is 12.1. The van der Waals surface area contributed by atoms with Crippen LogP contribution < -0.4 is 5.32 Å². The van der Waals surface area contributed by atoms with Crippen molar-refractivity contribution >= 4 is 22.9 Å². The van der Waals surface area contributed by atoms with Crippen LogP contribution in [-0.4, -0.2) is 0 Å². The maximum absolute atomic E-state index is 9.14. The molecule has 86 valence electrons. The van der Waals surface area contributed by atoms with Crippen LogP contribution in [0.25, 0.3) is 0 Å². The van der Waals surface area contributed by atoms with Crippen LogP contribution >= 0.6 is 22.9 Å². The van der Waals surface area contributed by atoms with Crippen molar-refractivity contribution in [2.75, 3.05) is 0 Å². The second-order valence-corrected chi connectivity index (χ2v) is 5.04. The van der Waals surface area contributed by atoms with E-state index in [0.29, 0.717) is 11.6 Å². The molecule has 0 spiro atoms. The van der Waals surface area contributed by atoms with Gasteiger partial charge < -0.3 is 0 Å². The summed E-state index contributed by atoms with van der Waals surface area (Å²) in [5.41, 5.74) is 0.938. The molecule has 1 atom stereocenters. The molecule has 0 aliphatic heterocycles. The zero-order chi connectivity index (χ0) is 12.1. The smallest absolute Gasteiger partial charge is 0.121 e. The molecule has 0 fully saturated rings. The second-order valence-electron chi connectivity index (χ2n) is 3.57. The van der Waals surface area contributed by atoms with Crippen molar-refractivity contribution in [3.8, 4) is 6.07 Å². The van der Waals surface area contributed by atoms with Crippen LogP contribution in [0.4, 0.5) is 0 Å². The summed E-state index contributed by atoms with van der Waals surface area (Å²) in [5, 5.41) is 15.1. The van der Waals surface area contributed by atoms with E-state index in [1.165, 1.54) is 4.88 Å². The number of nitriles is 1. The fourth-order valence-corrected chi connectivity index (χ4v) is 2.29. The fourth-order valence-electron chi connectivity index (χ4n) is 1.51. The van der Waals surface area contributed by atoms with Gasteiger partial charge in [-0.1, -0.05) is 29.8 Å². The zero-order valence-corrected chi connectivity index (χ0v) is 10.6. The second kappa shape index (κ2) is 5.83. The molecule has 1 heterocycles. The van der Waals surface area contributed by atoms with Gasteiger partial charge in [0, 0.05) is 16.4 Å². The Hall–Kier alpha value is -1.34. The van der Waals surface area contributed by atoms with E-state index in [4.69, 9.17) is 16.9 Å². The van der Waals surface area contributed by atoms with E-state index in [1.54, 1.807) is 23.5 Å². The molecular weight excluding hydrogens is 252 g/mol. The molecular formula is C13H11ClN2S. The largest absolute Gasteiger partial charge is 0.293 e. The van der Waals surface area contributed by atoms with Crippen molar-refractivity contribution < 1.29 is 0 Å². The Morgan fingerprint density at radius 1 is 1.29 bits per heavy atom. The van der Waals surface area contributed by atoms with Gasteiger partial charge in [0.2, 0.25) is 0 Å². The lowest BCUT2D eigenvalue weighted by molar-refractivity contribution is 0.636. The zero-order valence-electron chi connectivity index (χ0n) is 9.06. The first-order valence-corrected chi connectivity index (χ1v) is 6.46. The normalized spacial score (nSPS) is 12.0. The first-order valence-electron chi connectivity index (χ1n) is 5.20. The molecule has 0 saturated heterocycles. The summed E-state index contributed by atoms with van der Waals surface area (Å²) >= 11 is 7.50. The van der Waals surface area contributed by atoms with Crippen LogP contribution in [0.1, 0.15) is 16.5 Å². The van der Waals surface area contributed by atoms with Gasteiger partial charge in [0.05, 0.1) is 6.07 Å². The summed E-state index contributed by atoms with van der Waals surface area (Å²) in [7, 11) is 0. The molecule has 4 heteroatoms. The van der Waals surface area contributed by atoms with Crippen molar-refractivity contribution in [1.29, 1.82) is 5.26 Å². The highest BCUT2D eigenvalue weighted by Crippen LogP contribution is 2.17. The topological polar surface area (TPSA) is 35.8 Å².